The van der Waals surface area contributed by atoms with E-state index in [2.05, 4.69) is 10.0 Å². The van der Waals surface area contributed by atoms with Gasteiger partial charge in [-0.05, 0) is 26.7 Å². The van der Waals surface area contributed by atoms with Crippen molar-refractivity contribution >= 4 is 21.9 Å². The number of carbonyl (C=O) groups excluding carboxylic acids is 1. The number of carboxylic acids is 1. The first kappa shape index (κ1) is 17.8. The molecule has 0 spiro atoms. The molecule has 0 radical (unpaired) electrons. The fourth-order valence-corrected chi connectivity index (χ4v) is 2.73. The molecule has 3 N–H and O–H groups in total. The lowest BCUT2D eigenvalue weighted by Crippen LogP contribution is -2.47. The molecule has 1 amide bonds. The second-order valence-electron chi connectivity index (χ2n) is 4.50. The molecule has 0 aromatic carbocycles. The molecule has 0 aliphatic rings. The number of aliphatic carboxylic acids is 1. The molecule has 0 heterocycles. The molecule has 0 saturated carbocycles. The Kier molecular flexibility index (Phi) is 7.62. The predicted octanol–water partition coefficient (Wildman–Crippen LogP) is 0.0738. The molecule has 0 aliphatic carbocycles. The topological polar surface area (TPSA) is 113 Å². The van der Waals surface area contributed by atoms with E-state index in [0.29, 0.717) is 12.8 Å². The van der Waals surface area contributed by atoms with Gasteiger partial charge in [-0.15, -0.1) is 0 Å². The maximum Gasteiger partial charge on any atom is 0.303 e. The van der Waals surface area contributed by atoms with Crippen molar-refractivity contribution in [3.05, 3.63) is 0 Å². The molecule has 0 fully saturated rings. The van der Waals surface area contributed by atoms with E-state index in [0.717, 1.165) is 0 Å². The highest BCUT2D eigenvalue weighted by Gasteiger charge is 2.20. The number of amides is 1. The Bertz CT molecular complexity index is 407. The van der Waals surface area contributed by atoms with Crippen molar-refractivity contribution in [1.82, 2.24) is 10.0 Å². The van der Waals surface area contributed by atoms with Gasteiger partial charge in [-0.1, -0.05) is 6.92 Å². The maximum atomic E-state index is 11.7. The Morgan fingerprint density at radius 3 is 2.32 bits per heavy atom. The summed E-state index contributed by atoms with van der Waals surface area (Å²) in [5, 5.41) is 11.1. The largest absolute Gasteiger partial charge is 0.481 e. The monoisotopic (exact) mass is 294 g/mol. The molecule has 19 heavy (non-hydrogen) atoms. The fourth-order valence-electron chi connectivity index (χ4n) is 1.43. The summed E-state index contributed by atoms with van der Waals surface area (Å²) in [6.45, 7) is 4.86. The minimum atomic E-state index is -3.44. The Morgan fingerprint density at radius 1 is 1.26 bits per heavy atom. The van der Waals surface area contributed by atoms with Crippen LogP contribution in [0.3, 0.4) is 0 Å². The van der Waals surface area contributed by atoms with Gasteiger partial charge < -0.3 is 10.4 Å². The van der Waals surface area contributed by atoms with Crippen LogP contribution >= 0.6 is 0 Å². The molecule has 8 heteroatoms. The van der Waals surface area contributed by atoms with Crippen molar-refractivity contribution in [1.29, 1.82) is 0 Å². The molecular weight excluding hydrogens is 272 g/mol. The second kappa shape index (κ2) is 8.11. The van der Waals surface area contributed by atoms with Crippen LogP contribution < -0.4 is 10.0 Å². The van der Waals surface area contributed by atoms with E-state index >= 15 is 0 Å². The van der Waals surface area contributed by atoms with E-state index in [4.69, 9.17) is 5.11 Å². The zero-order valence-electron chi connectivity index (χ0n) is 11.5. The number of hydrogen-bond acceptors (Lipinski definition) is 4. The predicted molar refractivity (Wildman–Crippen MR) is 71.2 cm³/mol. The van der Waals surface area contributed by atoms with Gasteiger partial charge in [0.05, 0.1) is 11.8 Å². The SMILES string of the molecule is CCCS(=O)(=O)NC(C)C(=O)NC(C)CCC(=O)O. The average molecular weight is 294 g/mol. The number of sulfonamides is 1. The van der Waals surface area contributed by atoms with Crippen LogP contribution in [0.4, 0.5) is 0 Å². The van der Waals surface area contributed by atoms with Crippen LogP contribution in [0.2, 0.25) is 0 Å². The van der Waals surface area contributed by atoms with Gasteiger partial charge in [-0.25, -0.2) is 13.1 Å². The highest BCUT2D eigenvalue weighted by molar-refractivity contribution is 7.89. The lowest BCUT2D eigenvalue weighted by molar-refractivity contribution is -0.137. The molecule has 0 bridgehead atoms. The van der Waals surface area contributed by atoms with Crippen molar-refractivity contribution in [2.24, 2.45) is 0 Å². The summed E-state index contributed by atoms with van der Waals surface area (Å²) in [6.07, 6.45) is 0.728. The van der Waals surface area contributed by atoms with Crippen LogP contribution in [0.25, 0.3) is 0 Å². The summed E-state index contributed by atoms with van der Waals surface area (Å²) < 4.78 is 25.2. The van der Waals surface area contributed by atoms with E-state index in [-0.39, 0.29) is 18.2 Å². The number of carbonyl (C=O) groups is 2. The molecule has 2 atom stereocenters. The third-order valence-corrected chi connectivity index (χ3v) is 4.06. The van der Waals surface area contributed by atoms with E-state index in [1.54, 1.807) is 13.8 Å². The van der Waals surface area contributed by atoms with Gasteiger partial charge in [0.1, 0.15) is 0 Å². The van der Waals surface area contributed by atoms with Crippen molar-refractivity contribution in [3.63, 3.8) is 0 Å². The van der Waals surface area contributed by atoms with Crippen LogP contribution in [-0.2, 0) is 19.6 Å². The smallest absolute Gasteiger partial charge is 0.303 e. The number of nitrogens with one attached hydrogen (secondary N) is 2. The van der Waals surface area contributed by atoms with Gasteiger partial charge >= 0.3 is 5.97 Å². The molecule has 0 aromatic heterocycles. The number of rotatable bonds is 9. The van der Waals surface area contributed by atoms with Crippen molar-refractivity contribution < 1.29 is 23.1 Å². The number of carboxylic acid groups (broad SMARTS) is 1. The third-order valence-electron chi connectivity index (χ3n) is 2.40. The van der Waals surface area contributed by atoms with E-state index in [1.807, 2.05) is 0 Å². The van der Waals surface area contributed by atoms with E-state index < -0.39 is 27.9 Å². The molecule has 0 aromatic rings. The Hall–Kier alpha value is -1.15. The lowest BCUT2D eigenvalue weighted by atomic mass is 10.2. The van der Waals surface area contributed by atoms with Crippen LogP contribution in [0, 0.1) is 0 Å². The van der Waals surface area contributed by atoms with Crippen molar-refractivity contribution in [2.45, 2.75) is 52.1 Å². The molecule has 0 rings (SSSR count). The summed E-state index contributed by atoms with van der Waals surface area (Å²) in [7, 11) is -3.44. The zero-order valence-corrected chi connectivity index (χ0v) is 12.3. The van der Waals surface area contributed by atoms with Crippen LogP contribution in [0.1, 0.15) is 40.0 Å². The molecule has 112 valence electrons. The summed E-state index contributed by atoms with van der Waals surface area (Å²) in [4.78, 5) is 22.1. The van der Waals surface area contributed by atoms with Crippen molar-refractivity contribution in [3.8, 4) is 0 Å². The lowest BCUT2D eigenvalue weighted by Gasteiger charge is -2.18. The molecule has 0 saturated heterocycles. The van der Waals surface area contributed by atoms with E-state index in [1.165, 1.54) is 6.92 Å². The standard InChI is InChI=1S/C11H22N2O5S/c1-4-7-19(17,18)13-9(3)11(16)12-8(2)5-6-10(14)15/h8-9,13H,4-7H2,1-3H3,(H,12,16)(H,14,15). The second-order valence-corrected chi connectivity index (χ2v) is 6.37. The Balaban J connectivity index is 4.23. The summed E-state index contributed by atoms with van der Waals surface area (Å²) in [5.41, 5.74) is 0. The summed E-state index contributed by atoms with van der Waals surface area (Å²) in [6, 6.07) is -1.19. The molecular formula is C11H22N2O5S. The van der Waals surface area contributed by atoms with Crippen LogP contribution in [0.5, 0.6) is 0 Å². The molecule has 7 nitrogen and oxygen atoms in total. The Morgan fingerprint density at radius 2 is 1.84 bits per heavy atom. The zero-order chi connectivity index (χ0) is 15.1. The minimum Gasteiger partial charge on any atom is -0.481 e. The first-order valence-corrected chi connectivity index (χ1v) is 7.85. The van der Waals surface area contributed by atoms with Gasteiger partial charge in [0.15, 0.2) is 0 Å². The normalized spacial score (nSPS) is 14.7. The third kappa shape index (κ3) is 8.55. The van der Waals surface area contributed by atoms with Crippen LogP contribution in [0.15, 0.2) is 0 Å². The minimum absolute atomic E-state index is 0.0286. The van der Waals surface area contributed by atoms with Gasteiger partial charge in [-0.2, -0.15) is 0 Å². The fraction of sp³-hybridized carbons (Fsp3) is 0.818. The van der Waals surface area contributed by atoms with Gasteiger partial charge in [0, 0.05) is 12.5 Å². The first-order valence-electron chi connectivity index (χ1n) is 6.20. The maximum absolute atomic E-state index is 11.7. The van der Waals surface area contributed by atoms with Gasteiger partial charge in [0.25, 0.3) is 0 Å². The molecule has 0 aliphatic heterocycles. The quantitative estimate of drug-likeness (QED) is 0.557. The highest BCUT2D eigenvalue weighted by Crippen LogP contribution is 1.98. The van der Waals surface area contributed by atoms with E-state index in [9.17, 15) is 18.0 Å². The summed E-state index contributed by atoms with van der Waals surface area (Å²) >= 11 is 0. The van der Waals surface area contributed by atoms with Crippen molar-refractivity contribution in [2.75, 3.05) is 5.75 Å². The van der Waals surface area contributed by atoms with Gasteiger partial charge in [-0.3, -0.25) is 9.59 Å². The number of hydrogen-bond donors (Lipinski definition) is 3. The van der Waals surface area contributed by atoms with Crippen LogP contribution in [-0.4, -0.2) is 43.2 Å². The highest BCUT2D eigenvalue weighted by atomic mass is 32.2. The van der Waals surface area contributed by atoms with Gasteiger partial charge in [0.2, 0.25) is 15.9 Å². The average Bonchev–Trinajstić information content (AvgIpc) is 2.25. The molecule has 2 unspecified atom stereocenters. The Labute approximate surface area is 113 Å². The first-order chi connectivity index (χ1) is 8.68. The summed E-state index contributed by atoms with van der Waals surface area (Å²) in [5.74, 6) is -1.42.